The molecule has 0 N–H and O–H groups in total. The van der Waals surface area contributed by atoms with Crippen molar-refractivity contribution >= 4 is 11.7 Å². The minimum atomic E-state index is -0.595. The summed E-state index contributed by atoms with van der Waals surface area (Å²) in [5, 5.41) is 0. The fraction of sp³-hybridized carbons (Fsp3) is 0.500. The number of methoxy groups -OCH3 is 2. The number of esters is 1. The molecule has 5 heteroatoms. The molecule has 0 spiro atoms. The molecule has 1 aromatic carbocycles. The summed E-state index contributed by atoms with van der Waals surface area (Å²) in [6.07, 6.45) is -0.595. The number of nitrogens with zero attached hydrogens (tertiary/aromatic N) is 2. The second-order valence-corrected chi connectivity index (χ2v) is 4.47. The van der Waals surface area contributed by atoms with Crippen LogP contribution in [0.4, 0.5) is 5.69 Å². The second kappa shape index (κ2) is 6.54. The zero-order chi connectivity index (χ0) is 13.7. The van der Waals surface area contributed by atoms with Gasteiger partial charge in [0.2, 0.25) is 6.23 Å². The molecule has 1 atom stereocenters. The van der Waals surface area contributed by atoms with E-state index in [0.29, 0.717) is 0 Å². The molecule has 0 aliphatic carbocycles. The highest BCUT2D eigenvalue weighted by Crippen LogP contribution is 2.17. The molecule has 0 aromatic heterocycles. The Hall–Kier alpha value is -1.59. The van der Waals surface area contributed by atoms with Crippen LogP contribution in [0.5, 0.6) is 0 Å². The lowest BCUT2D eigenvalue weighted by Gasteiger charge is -2.38. The van der Waals surface area contributed by atoms with Crippen LogP contribution in [-0.4, -0.2) is 57.5 Å². The first kappa shape index (κ1) is 13.8. The van der Waals surface area contributed by atoms with Crippen LogP contribution in [0.3, 0.4) is 0 Å². The predicted molar refractivity (Wildman–Crippen MR) is 73.0 cm³/mol. The Balaban J connectivity index is 1.93. The largest absolute Gasteiger partial charge is 0.466 e. The first-order chi connectivity index (χ1) is 9.26. The van der Waals surface area contributed by atoms with E-state index >= 15 is 0 Å². The van der Waals surface area contributed by atoms with Crippen molar-refractivity contribution in [3.8, 4) is 0 Å². The van der Waals surface area contributed by atoms with Gasteiger partial charge in [0.25, 0.3) is 0 Å². The number of hydrogen-bond acceptors (Lipinski definition) is 5. The lowest BCUT2D eigenvalue weighted by atomic mass is 10.2. The highest BCUT2D eigenvalue weighted by atomic mass is 16.6. The zero-order valence-electron chi connectivity index (χ0n) is 11.4. The van der Waals surface area contributed by atoms with Crippen LogP contribution >= 0.6 is 0 Å². The molecule has 19 heavy (non-hydrogen) atoms. The first-order valence-corrected chi connectivity index (χ1v) is 6.41. The number of rotatable bonds is 4. The summed E-state index contributed by atoms with van der Waals surface area (Å²) < 4.78 is 9.97. The van der Waals surface area contributed by atoms with Crippen LogP contribution in [0.2, 0.25) is 0 Å². The van der Waals surface area contributed by atoms with Gasteiger partial charge >= 0.3 is 5.97 Å². The lowest BCUT2D eigenvalue weighted by molar-refractivity contribution is -0.165. The summed E-state index contributed by atoms with van der Waals surface area (Å²) in [6, 6.07) is 10.3. The third kappa shape index (κ3) is 3.24. The van der Waals surface area contributed by atoms with E-state index in [4.69, 9.17) is 9.47 Å². The van der Waals surface area contributed by atoms with Gasteiger partial charge in [0.15, 0.2) is 0 Å². The van der Waals surface area contributed by atoms with Crippen molar-refractivity contribution in [2.45, 2.75) is 6.23 Å². The van der Waals surface area contributed by atoms with E-state index in [-0.39, 0.29) is 5.97 Å². The number of anilines is 1. The molecule has 1 fully saturated rings. The standard InChI is InChI=1S/C14H20N2O3/c1-18-13(14(17)19-2)16-10-8-15(9-11-16)12-6-4-3-5-7-12/h3-7,13H,8-11H2,1-2H3. The molecular weight excluding hydrogens is 244 g/mol. The Labute approximate surface area is 113 Å². The van der Waals surface area contributed by atoms with Crippen LogP contribution in [-0.2, 0) is 14.3 Å². The molecular formula is C14H20N2O3. The Bertz CT molecular complexity index is 402. The molecule has 1 aliphatic rings. The summed E-state index contributed by atoms with van der Waals surface area (Å²) in [5.41, 5.74) is 1.22. The molecule has 1 unspecified atom stereocenters. The van der Waals surface area contributed by atoms with E-state index in [9.17, 15) is 4.79 Å². The first-order valence-electron chi connectivity index (χ1n) is 6.41. The minimum absolute atomic E-state index is 0.337. The van der Waals surface area contributed by atoms with Gasteiger partial charge in [-0.15, -0.1) is 0 Å². The third-order valence-electron chi connectivity index (χ3n) is 3.39. The van der Waals surface area contributed by atoms with E-state index in [0.717, 1.165) is 26.2 Å². The van der Waals surface area contributed by atoms with E-state index in [1.807, 2.05) is 23.1 Å². The van der Waals surface area contributed by atoms with Crippen LogP contribution < -0.4 is 4.90 Å². The summed E-state index contributed by atoms with van der Waals surface area (Å²) in [7, 11) is 2.92. The number of carbonyl (C=O) groups excluding carboxylic acids is 1. The van der Waals surface area contributed by atoms with Gasteiger partial charge in [-0.3, -0.25) is 4.90 Å². The topological polar surface area (TPSA) is 42.0 Å². The fourth-order valence-electron chi connectivity index (χ4n) is 2.35. The molecule has 5 nitrogen and oxygen atoms in total. The average molecular weight is 264 g/mol. The molecule has 1 aromatic rings. The molecule has 0 amide bonds. The normalized spacial score (nSPS) is 18.1. The van der Waals surface area contributed by atoms with E-state index in [1.165, 1.54) is 19.9 Å². The SMILES string of the molecule is COC(=O)C(OC)N1CCN(c2ccccc2)CC1. The number of hydrogen-bond donors (Lipinski definition) is 0. The van der Waals surface area contributed by atoms with Gasteiger partial charge in [-0.05, 0) is 12.1 Å². The van der Waals surface area contributed by atoms with Crippen LogP contribution in [0.1, 0.15) is 0 Å². The molecule has 0 radical (unpaired) electrons. The number of para-hydroxylation sites is 1. The molecule has 1 aliphatic heterocycles. The molecule has 1 saturated heterocycles. The highest BCUT2D eigenvalue weighted by Gasteiger charge is 2.29. The van der Waals surface area contributed by atoms with Crippen molar-refractivity contribution in [1.82, 2.24) is 4.90 Å². The van der Waals surface area contributed by atoms with Gasteiger partial charge < -0.3 is 14.4 Å². The predicted octanol–water partition coefficient (Wildman–Crippen LogP) is 0.954. The van der Waals surface area contributed by atoms with Crippen molar-refractivity contribution in [2.24, 2.45) is 0 Å². The van der Waals surface area contributed by atoms with Crippen molar-refractivity contribution in [3.05, 3.63) is 30.3 Å². The molecule has 0 saturated carbocycles. The van der Waals surface area contributed by atoms with Crippen molar-refractivity contribution < 1.29 is 14.3 Å². The quantitative estimate of drug-likeness (QED) is 0.758. The van der Waals surface area contributed by atoms with Gasteiger partial charge in [0.1, 0.15) is 0 Å². The van der Waals surface area contributed by atoms with Gasteiger partial charge in [-0.2, -0.15) is 0 Å². The molecule has 1 heterocycles. The van der Waals surface area contributed by atoms with E-state index in [1.54, 1.807) is 0 Å². The Morgan fingerprint density at radius 2 is 1.74 bits per heavy atom. The van der Waals surface area contributed by atoms with Gasteiger partial charge in [0, 0.05) is 39.0 Å². The Morgan fingerprint density at radius 1 is 1.11 bits per heavy atom. The van der Waals surface area contributed by atoms with E-state index < -0.39 is 6.23 Å². The molecule has 2 rings (SSSR count). The van der Waals surface area contributed by atoms with Crippen LogP contribution in [0, 0.1) is 0 Å². The highest BCUT2D eigenvalue weighted by molar-refractivity contribution is 5.74. The number of carbonyl (C=O) groups is 1. The number of benzene rings is 1. The lowest BCUT2D eigenvalue weighted by Crippen LogP contribution is -2.53. The maximum absolute atomic E-state index is 11.6. The fourth-order valence-corrected chi connectivity index (χ4v) is 2.35. The third-order valence-corrected chi connectivity index (χ3v) is 3.39. The Morgan fingerprint density at radius 3 is 2.26 bits per heavy atom. The second-order valence-electron chi connectivity index (χ2n) is 4.47. The zero-order valence-corrected chi connectivity index (χ0v) is 11.4. The van der Waals surface area contributed by atoms with E-state index in [2.05, 4.69) is 17.0 Å². The van der Waals surface area contributed by atoms with Gasteiger partial charge in [0.05, 0.1) is 7.11 Å². The summed E-state index contributed by atoms with van der Waals surface area (Å²) >= 11 is 0. The van der Waals surface area contributed by atoms with Crippen molar-refractivity contribution in [3.63, 3.8) is 0 Å². The van der Waals surface area contributed by atoms with Crippen molar-refractivity contribution in [1.29, 1.82) is 0 Å². The van der Waals surface area contributed by atoms with Crippen LogP contribution in [0.25, 0.3) is 0 Å². The maximum atomic E-state index is 11.6. The smallest absolute Gasteiger partial charge is 0.350 e. The Kier molecular flexibility index (Phi) is 4.76. The molecule has 0 bridgehead atoms. The number of ether oxygens (including phenoxy) is 2. The number of piperazine rings is 1. The van der Waals surface area contributed by atoms with Gasteiger partial charge in [-0.1, -0.05) is 18.2 Å². The summed E-state index contributed by atoms with van der Waals surface area (Å²) in [4.78, 5) is 15.9. The maximum Gasteiger partial charge on any atom is 0.350 e. The summed E-state index contributed by atoms with van der Waals surface area (Å²) in [6.45, 7) is 3.31. The summed E-state index contributed by atoms with van der Waals surface area (Å²) in [5.74, 6) is -0.337. The monoisotopic (exact) mass is 264 g/mol. The average Bonchev–Trinajstić information content (AvgIpc) is 2.49. The van der Waals surface area contributed by atoms with Crippen molar-refractivity contribution in [2.75, 3.05) is 45.3 Å². The minimum Gasteiger partial charge on any atom is -0.466 e. The van der Waals surface area contributed by atoms with Crippen LogP contribution in [0.15, 0.2) is 30.3 Å². The molecule has 104 valence electrons. The van der Waals surface area contributed by atoms with Gasteiger partial charge in [-0.25, -0.2) is 4.79 Å².